The molecule has 1 saturated heterocycles. The smallest absolute Gasteiger partial charge is 0.146 e. The van der Waals surface area contributed by atoms with Crippen LogP contribution in [0.2, 0.25) is 0 Å². The number of hydrogen-bond acceptors (Lipinski definition) is 5. The Morgan fingerprint density at radius 3 is 2.67 bits per heavy atom. The molecule has 0 amide bonds. The molecule has 0 bridgehead atoms. The number of para-hydroxylation sites is 1. The van der Waals surface area contributed by atoms with Gasteiger partial charge in [0.2, 0.25) is 0 Å². The summed E-state index contributed by atoms with van der Waals surface area (Å²) in [6.07, 6.45) is 0.0308. The topological polar surface area (TPSA) is 52.4 Å². The third-order valence-corrected chi connectivity index (χ3v) is 4.28. The van der Waals surface area contributed by atoms with Gasteiger partial charge < -0.3 is 14.0 Å². The molecule has 1 aromatic carbocycles. The molecule has 0 N–H and O–H groups in total. The second-order valence-electron chi connectivity index (χ2n) is 7.02. The molecule has 6 heteroatoms. The Bertz CT molecular complexity index is 669. The Hall–Kier alpha value is -1.92. The number of ether oxygens (including phenoxy) is 2. The summed E-state index contributed by atoms with van der Waals surface area (Å²) in [7, 11) is 2.01. The lowest BCUT2D eigenvalue weighted by Gasteiger charge is -2.42. The fraction of sp³-hybridized carbons (Fsp3) is 0.556. The van der Waals surface area contributed by atoms with Crippen molar-refractivity contribution in [1.29, 1.82) is 0 Å². The molecule has 3 rings (SSSR count). The fourth-order valence-electron chi connectivity index (χ4n) is 3.12. The highest BCUT2D eigenvalue weighted by molar-refractivity contribution is 5.20. The van der Waals surface area contributed by atoms with Crippen molar-refractivity contribution in [2.45, 2.75) is 39.0 Å². The molecule has 0 spiro atoms. The lowest BCUT2D eigenvalue weighted by atomic mass is 10.1. The second-order valence-corrected chi connectivity index (χ2v) is 7.02. The molecule has 1 aliphatic rings. The summed E-state index contributed by atoms with van der Waals surface area (Å²) in [5, 5.41) is 8.42. The minimum absolute atomic E-state index is 0.0308. The molecule has 1 aromatic heterocycles. The molecule has 0 radical (unpaired) electrons. The summed E-state index contributed by atoms with van der Waals surface area (Å²) in [6, 6.07) is 9.87. The van der Waals surface area contributed by atoms with Crippen molar-refractivity contribution < 1.29 is 9.47 Å². The summed E-state index contributed by atoms with van der Waals surface area (Å²) in [5.41, 5.74) is -0.212. The molecule has 2 aromatic rings. The van der Waals surface area contributed by atoms with Gasteiger partial charge in [-0.05, 0) is 32.9 Å². The zero-order valence-corrected chi connectivity index (χ0v) is 14.9. The number of aryl methyl sites for hydroxylation is 1. The molecular weight excluding hydrogens is 304 g/mol. The highest BCUT2D eigenvalue weighted by Gasteiger charge is 2.34. The van der Waals surface area contributed by atoms with Gasteiger partial charge in [-0.15, -0.1) is 10.2 Å². The second kappa shape index (κ2) is 6.91. The highest BCUT2D eigenvalue weighted by atomic mass is 16.5. The molecule has 24 heavy (non-hydrogen) atoms. The zero-order chi connectivity index (χ0) is 17.2. The Labute approximate surface area is 143 Å². The van der Waals surface area contributed by atoms with Crippen molar-refractivity contribution in [2.75, 3.05) is 19.7 Å². The summed E-state index contributed by atoms with van der Waals surface area (Å²) in [5.74, 6) is 2.79. The van der Waals surface area contributed by atoms with Crippen LogP contribution in [0.4, 0.5) is 0 Å². The molecule has 1 atom stereocenters. The summed E-state index contributed by atoms with van der Waals surface area (Å²) in [6.45, 7) is 9.21. The van der Waals surface area contributed by atoms with E-state index in [1.807, 2.05) is 48.9 Å². The molecule has 0 saturated carbocycles. The van der Waals surface area contributed by atoms with Crippen molar-refractivity contribution in [3.05, 3.63) is 42.0 Å². The van der Waals surface area contributed by atoms with Gasteiger partial charge in [0.25, 0.3) is 0 Å². The van der Waals surface area contributed by atoms with E-state index >= 15 is 0 Å². The number of rotatable bonds is 5. The Morgan fingerprint density at radius 1 is 1.25 bits per heavy atom. The lowest BCUT2D eigenvalue weighted by Crippen LogP contribution is -2.54. The van der Waals surface area contributed by atoms with Crippen LogP contribution in [0.5, 0.6) is 5.75 Å². The molecular formula is C18H26N4O2. The number of hydrogen-bond donors (Lipinski definition) is 0. The first-order valence-electron chi connectivity index (χ1n) is 8.36. The van der Waals surface area contributed by atoms with Crippen LogP contribution in [0.1, 0.15) is 25.5 Å². The Kier molecular flexibility index (Phi) is 4.87. The van der Waals surface area contributed by atoms with E-state index in [0.717, 1.165) is 37.0 Å². The highest BCUT2D eigenvalue weighted by Crippen LogP contribution is 2.23. The van der Waals surface area contributed by atoms with Crippen LogP contribution in [0, 0.1) is 6.92 Å². The third kappa shape index (κ3) is 4.13. The maximum absolute atomic E-state index is 6.19. The molecule has 0 aliphatic carbocycles. The first-order valence-corrected chi connectivity index (χ1v) is 8.36. The van der Waals surface area contributed by atoms with Crippen molar-refractivity contribution in [3.63, 3.8) is 0 Å². The Morgan fingerprint density at radius 2 is 2.00 bits per heavy atom. The van der Waals surface area contributed by atoms with Gasteiger partial charge in [0.15, 0.2) is 0 Å². The average Bonchev–Trinajstić information content (AvgIpc) is 2.85. The lowest BCUT2D eigenvalue weighted by molar-refractivity contribution is -0.148. The normalized spacial score (nSPS) is 20.9. The SMILES string of the molecule is Cc1nnc(CN2C[C@H](COc3ccccc3)OC(C)(C)C2)n1C. The van der Waals surface area contributed by atoms with Crippen molar-refractivity contribution in [2.24, 2.45) is 7.05 Å². The van der Waals surface area contributed by atoms with E-state index in [9.17, 15) is 0 Å². The van der Waals surface area contributed by atoms with Crippen molar-refractivity contribution >= 4 is 0 Å². The van der Waals surface area contributed by atoms with Gasteiger partial charge in [-0.3, -0.25) is 4.90 Å². The third-order valence-electron chi connectivity index (χ3n) is 4.28. The van der Waals surface area contributed by atoms with Crippen LogP contribution in [0.3, 0.4) is 0 Å². The van der Waals surface area contributed by atoms with E-state index in [4.69, 9.17) is 9.47 Å². The van der Waals surface area contributed by atoms with Gasteiger partial charge >= 0.3 is 0 Å². The maximum atomic E-state index is 6.19. The quantitative estimate of drug-likeness (QED) is 0.841. The molecule has 2 heterocycles. The standard InChI is InChI=1S/C18H26N4O2/c1-14-19-20-17(21(14)4)11-22-10-16(24-18(2,3)13-22)12-23-15-8-6-5-7-9-15/h5-9,16H,10-13H2,1-4H3/t16-/m1/s1. The van der Waals surface area contributed by atoms with E-state index in [1.54, 1.807) is 0 Å². The number of morpholine rings is 1. The minimum Gasteiger partial charge on any atom is -0.491 e. The summed E-state index contributed by atoms with van der Waals surface area (Å²) >= 11 is 0. The molecule has 130 valence electrons. The molecule has 1 aliphatic heterocycles. The number of benzene rings is 1. The van der Waals surface area contributed by atoms with Crippen LogP contribution in [0.25, 0.3) is 0 Å². The number of aromatic nitrogens is 3. The number of nitrogens with zero attached hydrogens (tertiary/aromatic N) is 4. The van der Waals surface area contributed by atoms with Crippen LogP contribution in [-0.4, -0.2) is 51.1 Å². The predicted molar refractivity (Wildman–Crippen MR) is 91.9 cm³/mol. The largest absolute Gasteiger partial charge is 0.491 e. The van der Waals surface area contributed by atoms with Crippen LogP contribution < -0.4 is 4.74 Å². The van der Waals surface area contributed by atoms with Gasteiger partial charge in [0, 0.05) is 20.1 Å². The molecule has 1 fully saturated rings. The van der Waals surface area contributed by atoms with E-state index in [0.29, 0.717) is 6.61 Å². The van der Waals surface area contributed by atoms with E-state index < -0.39 is 0 Å². The van der Waals surface area contributed by atoms with Gasteiger partial charge in [-0.25, -0.2) is 0 Å². The first-order chi connectivity index (χ1) is 11.4. The monoisotopic (exact) mass is 330 g/mol. The van der Waals surface area contributed by atoms with Crippen LogP contribution in [-0.2, 0) is 18.3 Å². The Balaban J connectivity index is 1.62. The summed E-state index contributed by atoms with van der Waals surface area (Å²) < 4.78 is 14.1. The zero-order valence-electron chi connectivity index (χ0n) is 14.9. The van der Waals surface area contributed by atoms with Crippen molar-refractivity contribution in [1.82, 2.24) is 19.7 Å². The average molecular weight is 330 g/mol. The predicted octanol–water partition coefficient (Wildman–Crippen LogP) is 2.18. The molecule has 6 nitrogen and oxygen atoms in total. The van der Waals surface area contributed by atoms with Crippen LogP contribution in [0.15, 0.2) is 30.3 Å². The minimum atomic E-state index is -0.212. The van der Waals surface area contributed by atoms with Crippen LogP contribution >= 0.6 is 0 Å². The van der Waals surface area contributed by atoms with E-state index in [-0.39, 0.29) is 11.7 Å². The first kappa shape index (κ1) is 16.9. The van der Waals surface area contributed by atoms with Gasteiger partial charge in [-0.1, -0.05) is 18.2 Å². The van der Waals surface area contributed by atoms with Gasteiger partial charge in [0.05, 0.1) is 12.1 Å². The molecule has 0 unspecified atom stereocenters. The van der Waals surface area contributed by atoms with Gasteiger partial charge in [-0.2, -0.15) is 0 Å². The van der Waals surface area contributed by atoms with E-state index in [1.165, 1.54) is 0 Å². The summed E-state index contributed by atoms with van der Waals surface area (Å²) in [4.78, 5) is 2.37. The maximum Gasteiger partial charge on any atom is 0.146 e. The van der Waals surface area contributed by atoms with Gasteiger partial charge in [0.1, 0.15) is 30.1 Å². The van der Waals surface area contributed by atoms with Crippen molar-refractivity contribution in [3.8, 4) is 5.75 Å². The van der Waals surface area contributed by atoms with E-state index in [2.05, 4.69) is 28.9 Å². The fourth-order valence-corrected chi connectivity index (χ4v) is 3.12.